The number of carbonyl (C=O) groups is 1. The number of aliphatic carboxylic acids is 1. The number of carboxylic acids is 1. The Kier molecular flexibility index (Phi) is 3.95. The van der Waals surface area contributed by atoms with Crippen molar-refractivity contribution in [3.05, 3.63) is 29.6 Å². The molecule has 0 spiro atoms. The van der Waals surface area contributed by atoms with Crippen molar-refractivity contribution in [3.63, 3.8) is 0 Å². The molecule has 2 aromatic heterocycles. The zero-order valence-corrected chi connectivity index (χ0v) is 13.7. The van der Waals surface area contributed by atoms with Gasteiger partial charge in [0.15, 0.2) is 5.76 Å². The fourth-order valence-electron chi connectivity index (χ4n) is 4.10. The van der Waals surface area contributed by atoms with Gasteiger partial charge in [0.2, 0.25) is 5.89 Å². The van der Waals surface area contributed by atoms with Gasteiger partial charge in [-0.1, -0.05) is 18.9 Å². The van der Waals surface area contributed by atoms with Crippen LogP contribution in [0.25, 0.3) is 10.6 Å². The van der Waals surface area contributed by atoms with E-state index in [2.05, 4.69) is 9.88 Å². The van der Waals surface area contributed by atoms with Gasteiger partial charge in [0.1, 0.15) is 6.04 Å². The Morgan fingerprint density at radius 3 is 3.09 bits per heavy atom. The van der Waals surface area contributed by atoms with Crippen LogP contribution in [0.1, 0.15) is 38.0 Å². The second-order valence-electron chi connectivity index (χ2n) is 6.47. The third kappa shape index (κ3) is 2.81. The Hall–Kier alpha value is -1.66. The molecule has 122 valence electrons. The highest BCUT2D eigenvalue weighted by Gasteiger charge is 2.45. The fourth-order valence-corrected chi connectivity index (χ4v) is 4.77. The van der Waals surface area contributed by atoms with Gasteiger partial charge in [-0.2, -0.15) is 0 Å². The van der Waals surface area contributed by atoms with E-state index in [-0.39, 0.29) is 0 Å². The van der Waals surface area contributed by atoms with E-state index in [4.69, 9.17) is 4.42 Å². The summed E-state index contributed by atoms with van der Waals surface area (Å²) in [5.41, 5.74) is 0. The minimum absolute atomic E-state index is 0.363. The number of carboxylic acid groups (broad SMARTS) is 1. The van der Waals surface area contributed by atoms with Gasteiger partial charge in [-0.15, -0.1) is 11.3 Å². The lowest BCUT2D eigenvalue weighted by molar-refractivity contribution is -0.143. The molecule has 2 aromatic rings. The summed E-state index contributed by atoms with van der Waals surface area (Å²) in [5, 5.41) is 11.6. The number of thiophene rings is 1. The average Bonchev–Trinajstić information content (AvgIpc) is 3.26. The highest BCUT2D eigenvalue weighted by Crippen LogP contribution is 2.40. The van der Waals surface area contributed by atoms with Crippen molar-refractivity contribution in [1.29, 1.82) is 0 Å². The Morgan fingerprint density at radius 2 is 2.30 bits per heavy atom. The third-order valence-corrected chi connectivity index (χ3v) is 6.03. The summed E-state index contributed by atoms with van der Waals surface area (Å²) in [6.45, 7) is 0.490. The van der Waals surface area contributed by atoms with Gasteiger partial charge in [0, 0.05) is 6.04 Å². The lowest BCUT2D eigenvalue weighted by Crippen LogP contribution is -2.41. The van der Waals surface area contributed by atoms with Crippen molar-refractivity contribution in [2.75, 3.05) is 0 Å². The standard InChI is InChI=1S/C17H20N2O3S/c20-17(21)13-8-11-4-1-2-5-12(11)19(13)10-16-18-9-14(22-16)15-6-3-7-23-15/h3,6-7,9,11-13H,1-2,4-5,8,10H2,(H,20,21). The van der Waals surface area contributed by atoms with E-state index in [1.165, 1.54) is 12.8 Å². The molecule has 0 bridgehead atoms. The van der Waals surface area contributed by atoms with E-state index in [1.807, 2.05) is 17.5 Å². The molecule has 4 rings (SSSR count). The SMILES string of the molecule is O=C(O)C1CC2CCCCC2N1Cc1ncc(-c2cccs2)o1. The van der Waals surface area contributed by atoms with Crippen LogP contribution in [0.3, 0.4) is 0 Å². The molecule has 1 saturated carbocycles. The van der Waals surface area contributed by atoms with Crippen LogP contribution in [-0.4, -0.2) is 33.0 Å². The lowest BCUT2D eigenvalue weighted by Gasteiger charge is -2.32. The molecular formula is C17H20N2O3S. The van der Waals surface area contributed by atoms with Crippen LogP contribution in [0.4, 0.5) is 0 Å². The molecule has 2 fully saturated rings. The highest BCUT2D eigenvalue weighted by molar-refractivity contribution is 7.13. The van der Waals surface area contributed by atoms with Crippen molar-refractivity contribution in [2.24, 2.45) is 5.92 Å². The van der Waals surface area contributed by atoms with Crippen LogP contribution < -0.4 is 0 Å². The van der Waals surface area contributed by atoms with Gasteiger partial charge in [-0.25, -0.2) is 4.98 Å². The van der Waals surface area contributed by atoms with Crippen LogP contribution in [0.5, 0.6) is 0 Å². The topological polar surface area (TPSA) is 66.6 Å². The number of nitrogens with zero attached hydrogens (tertiary/aromatic N) is 2. The maximum Gasteiger partial charge on any atom is 0.320 e. The first-order chi connectivity index (χ1) is 11.2. The van der Waals surface area contributed by atoms with Gasteiger partial charge in [-0.3, -0.25) is 9.69 Å². The van der Waals surface area contributed by atoms with E-state index < -0.39 is 12.0 Å². The lowest BCUT2D eigenvalue weighted by atomic mass is 9.85. The zero-order chi connectivity index (χ0) is 15.8. The van der Waals surface area contributed by atoms with Crippen LogP contribution in [0.2, 0.25) is 0 Å². The number of oxazole rings is 1. The normalized spacial score (nSPS) is 27.9. The molecular weight excluding hydrogens is 312 g/mol. The summed E-state index contributed by atoms with van der Waals surface area (Å²) in [6.07, 6.45) is 7.16. The summed E-state index contributed by atoms with van der Waals surface area (Å²) in [7, 11) is 0. The Labute approximate surface area is 138 Å². The smallest absolute Gasteiger partial charge is 0.320 e. The Morgan fingerprint density at radius 1 is 1.43 bits per heavy atom. The molecule has 0 amide bonds. The Balaban J connectivity index is 1.55. The minimum Gasteiger partial charge on any atom is -0.480 e. The first kappa shape index (κ1) is 14.9. The van der Waals surface area contributed by atoms with E-state index in [1.54, 1.807) is 17.5 Å². The Bertz CT molecular complexity index is 682. The minimum atomic E-state index is -0.718. The molecule has 0 radical (unpaired) electrons. The molecule has 1 saturated heterocycles. The number of aromatic nitrogens is 1. The molecule has 1 aliphatic carbocycles. The van der Waals surface area contributed by atoms with Crippen LogP contribution >= 0.6 is 11.3 Å². The number of hydrogen-bond donors (Lipinski definition) is 1. The first-order valence-corrected chi connectivity index (χ1v) is 9.07. The number of rotatable bonds is 4. The van der Waals surface area contributed by atoms with Crippen molar-refractivity contribution in [3.8, 4) is 10.6 Å². The second-order valence-corrected chi connectivity index (χ2v) is 7.42. The third-order valence-electron chi connectivity index (χ3n) is 5.14. The summed E-state index contributed by atoms with van der Waals surface area (Å²) in [5.74, 6) is 1.17. The van der Waals surface area contributed by atoms with Crippen molar-refractivity contribution < 1.29 is 14.3 Å². The summed E-state index contributed by atoms with van der Waals surface area (Å²) >= 11 is 1.61. The first-order valence-electron chi connectivity index (χ1n) is 8.19. The predicted octanol–water partition coefficient (Wildman–Crippen LogP) is 3.62. The van der Waals surface area contributed by atoms with Crippen LogP contribution in [0, 0.1) is 5.92 Å². The van der Waals surface area contributed by atoms with Gasteiger partial charge in [-0.05, 0) is 36.6 Å². The van der Waals surface area contributed by atoms with Gasteiger partial charge >= 0.3 is 5.97 Å². The number of fused-ring (bicyclic) bond motifs is 1. The monoisotopic (exact) mass is 332 g/mol. The average molecular weight is 332 g/mol. The van der Waals surface area contributed by atoms with Crippen LogP contribution in [0.15, 0.2) is 28.1 Å². The zero-order valence-electron chi connectivity index (χ0n) is 12.9. The van der Waals surface area contributed by atoms with E-state index in [9.17, 15) is 9.90 Å². The molecule has 2 aliphatic rings. The summed E-state index contributed by atoms with van der Waals surface area (Å²) < 4.78 is 5.86. The maximum absolute atomic E-state index is 11.6. The molecule has 3 heterocycles. The molecule has 3 unspecified atom stereocenters. The fraction of sp³-hybridized carbons (Fsp3) is 0.529. The molecule has 5 nitrogen and oxygen atoms in total. The molecule has 3 atom stereocenters. The molecule has 1 aliphatic heterocycles. The molecule has 6 heteroatoms. The second kappa shape index (κ2) is 6.09. The van der Waals surface area contributed by atoms with E-state index in [0.717, 1.165) is 29.9 Å². The number of hydrogen-bond acceptors (Lipinski definition) is 5. The molecule has 23 heavy (non-hydrogen) atoms. The van der Waals surface area contributed by atoms with Crippen molar-refractivity contribution in [1.82, 2.24) is 9.88 Å². The molecule has 0 aromatic carbocycles. The van der Waals surface area contributed by atoms with Gasteiger partial charge < -0.3 is 9.52 Å². The van der Waals surface area contributed by atoms with Gasteiger partial charge in [0.05, 0.1) is 17.6 Å². The molecule has 1 N–H and O–H groups in total. The van der Waals surface area contributed by atoms with Crippen molar-refractivity contribution in [2.45, 2.75) is 50.7 Å². The summed E-state index contributed by atoms with van der Waals surface area (Å²) in [4.78, 5) is 19.2. The predicted molar refractivity (Wildman–Crippen MR) is 87.1 cm³/mol. The van der Waals surface area contributed by atoms with Gasteiger partial charge in [0.25, 0.3) is 0 Å². The van der Waals surface area contributed by atoms with E-state index in [0.29, 0.717) is 24.4 Å². The summed E-state index contributed by atoms with van der Waals surface area (Å²) in [6, 6.07) is 3.94. The number of likely N-dealkylation sites (tertiary alicyclic amines) is 1. The largest absolute Gasteiger partial charge is 0.480 e. The quantitative estimate of drug-likeness (QED) is 0.926. The highest BCUT2D eigenvalue weighted by atomic mass is 32.1. The maximum atomic E-state index is 11.6. The van der Waals surface area contributed by atoms with E-state index >= 15 is 0 Å². The van der Waals surface area contributed by atoms with Crippen LogP contribution in [-0.2, 0) is 11.3 Å². The van der Waals surface area contributed by atoms with Crippen molar-refractivity contribution >= 4 is 17.3 Å².